The topological polar surface area (TPSA) is 0 Å². The number of benzene rings is 1. The Morgan fingerprint density at radius 2 is 1.86 bits per heavy atom. The van der Waals surface area contributed by atoms with Gasteiger partial charge >= 0.3 is 0 Å². The third-order valence-corrected chi connectivity index (χ3v) is 3.75. The fourth-order valence-corrected chi connectivity index (χ4v) is 1.88. The molecule has 0 nitrogen and oxygen atoms in total. The van der Waals surface area contributed by atoms with Crippen molar-refractivity contribution in [3.8, 4) is 0 Å². The minimum atomic E-state index is 0.290. The molecule has 0 amide bonds. The van der Waals surface area contributed by atoms with Crippen LogP contribution in [0.5, 0.6) is 0 Å². The highest BCUT2D eigenvalue weighted by atomic mass is 79.9. The molecule has 0 aliphatic heterocycles. The van der Waals surface area contributed by atoms with Gasteiger partial charge < -0.3 is 0 Å². The van der Waals surface area contributed by atoms with Crippen LogP contribution in [0.1, 0.15) is 25.8 Å². The van der Waals surface area contributed by atoms with Crippen LogP contribution in [-0.2, 0) is 6.42 Å². The highest BCUT2D eigenvalue weighted by Crippen LogP contribution is 2.20. The molecule has 0 radical (unpaired) electrons. The van der Waals surface area contributed by atoms with E-state index in [4.69, 9.17) is 11.6 Å². The molecule has 2 atom stereocenters. The molecule has 1 rings (SSSR count). The normalized spacial score (nSPS) is 15.1. The molecule has 0 aliphatic carbocycles. The average Bonchev–Trinajstić information content (AvgIpc) is 2.20. The Morgan fingerprint density at radius 1 is 1.29 bits per heavy atom. The fraction of sp³-hybridized carbons (Fsp3) is 0.500. The fourth-order valence-electron chi connectivity index (χ4n) is 1.52. The summed E-state index contributed by atoms with van der Waals surface area (Å²) in [6.45, 7) is 4.35. The number of hydrogen-bond donors (Lipinski definition) is 0. The van der Waals surface area contributed by atoms with Gasteiger partial charge in [-0.05, 0) is 36.5 Å². The summed E-state index contributed by atoms with van der Waals surface area (Å²) < 4.78 is 1.13. The van der Waals surface area contributed by atoms with E-state index in [0.717, 1.165) is 17.3 Å². The Morgan fingerprint density at radius 3 is 2.36 bits per heavy atom. The molecule has 0 saturated carbocycles. The van der Waals surface area contributed by atoms with Crippen molar-refractivity contribution >= 4 is 27.5 Å². The quantitative estimate of drug-likeness (QED) is 0.702. The molecule has 1 aromatic carbocycles. The minimum Gasteiger partial charge on any atom is -0.123 e. The Bertz CT molecular complexity index is 268. The van der Waals surface area contributed by atoms with E-state index in [1.54, 1.807) is 0 Å². The summed E-state index contributed by atoms with van der Waals surface area (Å²) in [6, 6.07) is 8.47. The third-order valence-electron chi connectivity index (χ3n) is 2.48. The molecule has 0 spiro atoms. The molecule has 2 unspecified atom stereocenters. The van der Waals surface area contributed by atoms with Crippen molar-refractivity contribution in [3.05, 3.63) is 34.3 Å². The van der Waals surface area contributed by atoms with Gasteiger partial charge in [-0.15, -0.1) is 11.6 Å². The van der Waals surface area contributed by atoms with Gasteiger partial charge in [0.1, 0.15) is 0 Å². The Kier molecular flexibility index (Phi) is 4.97. The average molecular weight is 276 g/mol. The van der Waals surface area contributed by atoms with E-state index in [9.17, 15) is 0 Å². The standard InChI is InChI=1S/C12H16BrCl/c1-3-12(14)9(2)8-10-4-6-11(13)7-5-10/h4-7,9,12H,3,8H2,1-2H3. The second kappa shape index (κ2) is 5.77. The zero-order valence-corrected chi connectivity index (χ0v) is 11.0. The summed E-state index contributed by atoms with van der Waals surface area (Å²) in [7, 11) is 0. The van der Waals surface area contributed by atoms with E-state index < -0.39 is 0 Å². The van der Waals surface area contributed by atoms with Crippen molar-refractivity contribution in [2.24, 2.45) is 5.92 Å². The summed E-state index contributed by atoms with van der Waals surface area (Å²) in [5.41, 5.74) is 1.36. The van der Waals surface area contributed by atoms with Gasteiger partial charge in [-0.3, -0.25) is 0 Å². The van der Waals surface area contributed by atoms with Gasteiger partial charge in [-0.25, -0.2) is 0 Å². The van der Waals surface area contributed by atoms with Crippen molar-refractivity contribution in [3.63, 3.8) is 0 Å². The van der Waals surface area contributed by atoms with Crippen LogP contribution >= 0.6 is 27.5 Å². The molecule has 0 saturated heterocycles. The van der Waals surface area contributed by atoms with Crippen molar-refractivity contribution in [2.75, 3.05) is 0 Å². The monoisotopic (exact) mass is 274 g/mol. The van der Waals surface area contributed by atoms with Gasteiger partial charge in [0.05, 0.1) is 0 Å². The van der Waals surface area contributed by atoms with Crippen LogP contribution in [0, 0.1) is 5.92 Å². The van der Waals surface area contributed by atoms with Crippen LogP contribution in [0.15, 0.2) is 28.7 Å². The van der Waals surface area contributed by atoms with Gasteiger partial charge in [0.25, 0.3) is 0 Å². The van der Waals surface area contributed by atoms with E-state index in [-0.39, 0.29) is 0 Å². The van der Waals surface area contributed by atoms with Crippen molar-refractivity contribution in [2.45, 2.75) is 32.1 Å². The summed E-state index contributed by atoms with van der Waals surface area (Å²) in [6.07, 6.45) is 2.11. The molecule has 1 aromatic rings. The maximum Gasteiger partial charge on any atom is 0.0362 e. The largest absolute Gasteiger partial charge is 0.123 e. The van der Waals surface area contributed by atoms with E-state index in [0.29, 0.717) is 11.3 Å². The molecule has 0 N–H and O–H groups in total. The maximum absolute atomic E-state index is 6.19. The van der Waals surface area contributed by atoms with Crippen LogP contribution < -0.4 is 0 Å². The van der Waals surface area contributed by atoms with Crippen LogP contribution in [0.2, 0.25) is 0 Å². The number of rotatable bonds is 4. The van der Waals surface area contributed by atoms with Crippen LogP contribution in [0.3, 0.4) is 0 Å². The lowest BCUT2D eigenvalue weighted by Crippen LogP contribution is -2.12. The van der Waals surface area contributed by atoms with E-state index >= 15 is 0 Å². The van der Waals surface area contributed by atoms with Crippen molar-refractivity contribution < 1.29 is 0 Å². The second-order valence-corrected chi connectivity index (χ2v) is 5.21. The Labute approximate surface area is 99.8 Å². The predicted octanol–water partition coefficient (Wildman–Crippen LogP) is 4.65. The molecule has 2 heteroatoms. The zero-order chi connectivity index (χ0) is 10.6. The molecule has 0 aliphatic rings. The minimum absolute atomic E-state index is 0.290. The summed E-state index contributed by atoms with van der Waals surface area (Å²) >= 11 is 9.62. The van der Waals surface area contributed by atoms with Gasteiger partial charge in [-0.1, -0.05) is 41.9 Å². The molecule has 0 bridgehead atoms. The molecular weight excluding hydrogens is 259 g/mol. The van der Waals surface area contributed by atoms with E-state index in [1.807, 2.05) is 0 Å². The summed E-state index contributed by atoms with van der Waals surface area (Å²) in [5, 5.41) is 0.290. The summed E-state index contributed by atoms with van der Waals surface area (Å²) in [5.74, 6) is 0.544. The van der Waals surface area contributed by atoms with Crippen LogP contribution in [0.25, 0.3) is 0 Å². The number of alkyl halides is 1. The lowest BCUT2D eigenvalue weighted by Gasteiger charge is -2.16. The van der Waals surface area contributed by atoms with Gasteiger partial charge in [0, 0.05) is 9.85 Å². The molecule has 0 aromatic heterocycles. The van der Waals surface area contributed by atoms with Gasteiger partial charge in [0.2, 0.25) is 0 Å². The maximum atomic E-state index is 6.19. The number of halogens is 2. The first-order valence-corrected chi connectivity index (χ1v) is 6.25. The Balaban J connectivity index is 2.56. The first kappa shape index (κ1) is 12.1. The van der Waals surface area contributed by atoms with Gasteiger partial charge in [-0.2, -0.15) is 0 Å². The van der Waals surface area contributed by atoms with Crippen LogP contribution in [-0.4, -0.2) is 5.38 Å². The third kappa shape index (κ3) is 3.62. The van der Waals surface area contributed by atoms with E-state index in [1.165, 1.54) is 5.56 Å². The molecule has 0 heterocycles. The Hall–Kier alpha value is -0.0100. The number of hydrogen-bond acceptors (Lipinski definition) is 0. The first-order valence-electron chi connectivity index (χ1n) is 5.02. The highest BCUT2D eigenvalue weighted by molar-refractivity contribution is 9.10. The second-order valence-electron chi connectivity index (χ2n) is 3.73. The molecule has 0 fully saturated rings. The molecule has 78 valence electrons. The van der Waals surface area contributed by atoms with E-state index in [2.05, 4.69) is 54.0 Å². The van der Waals surface area contributed by atoms with Crippen LogP contribution in [0.4, 0.5) is 0 Å². The smallest absolute Gasteiger partial charge is 0.0362 e. The van der Waals surface area contributed by atoms with Crippen molar-refractivity contribution in [1.29, 1.82) is 0 Å². The zero-order valence-electron chi connectivity index (χ0n) is 8.63. The molecular formula is C12H16BrCl. The summed E-state index contributed by atoms with van der Waals surface area (Å²) in [4.78, 5) is 0. The SMILES string of the molecule is CCC(Cl)C(C)Cc1ccc(Br)cc1. The lowest BCUT2D eigenvalue weighted by molar-refractivity contribution is 0.531. The predicted molar refractivity (Wildman–Crippen MR) is 66.9 cm³/mol. The molecule has 14 heavy (non-hydrogen) atoms. The van der Waals surface area contributed by atoms with Gasteiger partial charge in [0.15, 0.2) is 0 Å². The highest BCUT2D eigenvalue weighted by Gasteiger charge is 2.12. The van der Waals surface area contributed by atoms with Crippen molar-refractivity contribution in [1.82, 2.24) is 0 Å². The first-order chi connectivity index (χ1) is 6.63. The lowest BCUT2D eigenvalue weighted by atomic mass is 9.97.